The lowest BCUT2D eigenvalue weighted by atomic mass is 10.1. The summed E-state index contributed by atoms with van der Waals surface area (Å²) in [7, 11) is 0. The lowest BCUT2D eigenvalue weighted by molar-refractivity contribution is -0.139. The summed E-state index contributed by atoms with van der Waals surface area (Å²) in [5.41, 5.74) is 6.66. The second kappa shape index (κ2) is 6.28. The first-order chi connectivity index (χ1) is 9.99. The van der Waals surface area contributed by atoms with Gasteiger partial charge in [-0.25, -0.2) is 4.79 Å². The summed E-state index contributed by atoms with van der Waals surface area (Å²) in [6.45, 7) is 0. The number of nitrogen functional groups attached to an aromatic ring is 1. The van der Waals surface area contributed by atoms with Crippen LogP contribution in [0.3, 0.4) is 0 Å². The molecule has 2 aromatic rings. The predicted octanol–water partition coefficient (Wildman–Crippen LogP) is 2.48. The molecule has 0 unspecified atom stereocenters. The van der Waals surface area contributed by atoms with Crippen molar-refractivity contribution in [3.63, 3.8) is 0 Å². The van der Waals surface area contributed by atoms with Crippen LogP contribution in [-0.2, 0) is 4.79 Å². The van der Waals surface area contributed by atoms with Crippen LogP contribution in [0.4, 0.5) is 5.69 Å². The molecule has 1 amide bonds. The van der Waals surface area contributed by atoms with Crippen LogP contribution >= 0.6 is 11.6 Å². The van der Waals surface area contributed by atoms with Gasteiger partial charge in [0, 0.05) is 5.56 Å². The number of amides is 1. The molecule has 0 aliphatic rings. The number of carbonyl (C=O) groups is 2. The fourth-order valence-electron chi connectivity index (χ4n) is 1.82. The number of nitrogens with one attached hydrogen (secondary N) is 1. The van der Waals surface area contributed by atoms with E-state index in [4.69, 9.17) is 17.3 Å². The summed E-state index contributed by atoms with van der Waals surface area (Å²) in [4.78, 5) is 23.4. The molecule has 0 fully saturated rings. The first-order valence-electron chi connectivity index (χ1n) is 6.12. The molecule has 0 aliphatic carbocycles. The number of carbonyl (C=O) groups excluding carboxylic acids is 1. The van der Waals surface area contributed by atoms with Gasteiger partial charge in [0.15, 0.2) is 6.04 Å². The average molecular weight is 305 g/mol. The van der Waals surface area contributed by atoms with Crippen molar-refractivity contribution in [1.82, 2.24) is 5.32 Å². The molecule has 1 atom stereocenters. The van der Waals surface area contributed by atoms with E-state index in [-0.39, 0.29) is 10.6 Å². The van der Waals surface area contributed by atoms with Gasteiger partial charge in [-0.05, 0) is 23.8 Å². The Hall–Kier alpha value is -2.53. The van der Waals surface area contributed by atoms with E-state index in [1.165, 1.54) is 18.2 Å². The SMILES string of the molecule is Nc1ccc(C(=O)N[C@@H](C(=O)O)c2ccccc2)cc1Cl. The Balaban J connectivity index is 2.23. The zero-order chi connectivity index (χ0) is 15.4. The molecule has 0 bridgehead atoms. The second-order valence-electron chi connectivity index (χ2n) is 4.39. The maximum absolute atomic E-state index is 12.1. The van der Waals surface area contributed by atoms with Gasteiger partial charge in [0.2, 0.25) is 0 Å². The Bertz CT molecular complexity index is 674. The smallest absolute Gasteiger partial charge is 0.330 e. The fourth-order valence-corrected chi connectivity index (χ4v) is 2.00. The molecular weight excluding hydrogens is 292 g/mol. The van der Waals surface area contributed by atoms with E-state index >= 15 is 0 Å². The Kier molecular flexibility index (Phi) is 4.45. The van der Waals surface area contributed by atoms with Crippen LogP contribution in [0.1, 0.15) is 22.0 Å². The van der Waals surface area contributed by atoms with E-state index in [2.05, 4.69) is 5.32 Å². The first kappa shape index (κ1) is 14.9. The Morgan fingerprint density at radius 2 is 1.81 bits per heavy atom. The molecule has 2 aromatic carbocycles. The summed E-state index contributed by atoms with van der Waals surface area (Å²) in [6, 6.07) is 11.7. The number of nitrogens with two attached hydrogens (primary N) is 1. The molecule has 0 aliphatic heterocycles. The summed E-state index contributed by atoms with van der Waals surface area (Å²) in [6.07, 6.45) is 0. The van der Waals surface area contributed by atoms with Gasteiger partial charge in [0.25, 0.3) is 5.91 Å². The number of aliphatic carboxylic acids is 1. The van der Waals surface area contributed by atoms with Crippen molar-refractivity contribution >= 4 is 29.2 Å². The summed E-state index contributed by atoms with van der Waals surface area (Å²) in [5.74, 6) is -1.68. The average Bonchev–Trinajstić information content (AvgIpc) is 2.48. The van der Waals surface area contributed by atoms with Crippen LogP contribution in [0, 0.1) is 0 Å². The molecule has 0 saturated carbocycles. The maximum atomic E-state index is 12.1. The Morgan fingerprint density at radius 3 is 2.38 bits per heavy atom. The highest BCUT2D eigenvalue weighted by Crippen LogP contribution is 2.20. The van der Waals surface area contributed by atoms with Crippen molar-refractivity contribution < 1.29 is 14.7 Å². The molecule has 0 spiro atoms. The van der Waals surface area contributed by atoms with E-state index in [0.717, 1.165) is 0 Å². The quantitative estimate of drug-likeness (QED) is 0.757. The van der Waals surface area contributed by atoms with E-state index in [1.807, 2.05) is 0 Å². The molecule has 0 aromatic heterocycles. The van der Waals surface area contributed by atoms with Crippen LogP contribution in [0.15, 0.2) is 48.5 Å². The molecular formula is C15H13ClN2O3. The predicted molar refractivity (Wildman–Crippen MR) is 80.1 cm³/mol. The van der Waals surface area contributed by atoms with E-state index < -0.39 is 17.9 Å². The van der Waals surface area contributed by atoms with Crippen molar-refractivity contribution in [2.24, 2.45) is 0 Å². The number of anilines is 1. The van der Waals surface area contributed by atoms with Gasteiger partial charge in [0.1, 0.15) is 0 Å². The number of benzene rings is 2. The van der Waals surface area contributed by atoms with Gasteiger partial charge < -0.3 is 16.2 Å². The molecule has 0 saturated heterocycles. The highest BCUT2D eigenvalue weighted by Gasteiger charge is 2.22. The van der Waals surface area contributed by atoms with Gasteiger partial charge >= 0.3 is 5.97 Å². The topological polar surface area (TPSA) is 92.4 Å². The molecule has 2 rings (SSSR count). The number of hydrogen-bond acceptors (Lipinski definition) is 3. The van der Waals surface area contributed by atoms with Crippen LogP contribution < -0.4 is 11.1 Å². The third-order valence-corrected chi connectivity index (χ3v) is 3.25. The van der Waals surface area contributed by atoms with E-state index in [1.54, 1.807) is 30.3 Å². The van der Waals surface area contributed by atoms with Crippen LogP contribution in [-0.4, -0.2) is 17.0 Å². The normalized spacial score (nSPS) is 11.7. The zero-order valence-electron chi connectivity index (χ0n) is 10.9. The molecule has 21 heavy (non-hydrogen) atoms. The molecule has 0 radical (unpaired) electrons. The Morgan fingerprint density at radius 1 is 1.14 bits per heavy atom. The van der Waals surface area contributed by atoms with Crippen molar-refractivity contribution in [2.45, 2.75) is 6.04 Å². The zero-order valence-corrected chi connectivity index (χ0v) is 11.7. The minimum Gasteiger partial charge on any atom is -0.479 e. The van der Waals surface area contributed by atoms with E-state index in [9.17, 15) is 14.7 Å². The standard InChI is InChI=1S/C15H13ClN2O3/c16-11-8-10(6-7-12(11)17)14(19)18-13(15(20)21)9-4-2-1-3-5-9/h1-8,13H,17H2,(H,18,19)(H,20,21)/t13-/m1/s1. The van der Waals surface area contributed by atoms with Crippen molar-refractivity contribution in [3.8, 4) is 0 Å². The molecule has 6 heteroatoms. The van der Waals surface area contributed by atoms with Crippen molar-refractivity contribution in [2.75, 3.05) is 5.73 Å². The highest BCUT2D eigenvalue weighted by atomic mass is 35.5. The van der Waals surface area contributed by atoms with Crippen LogP contribution in [0.5, 0.6) is 0 Å². The minimum absolute atomic E-state index is 0.245. The van der Waals surface area contributed by atoms with Gasteiger partial charge in [-0.1, -0.05) is 41.9 Å². The number of hydrogen-bond donors (Lipinski definition) is 3. The fraction of sp³-hybridized carbons (Fsp3) is 0.0667. The number of rotatable bonds is 4. The second-order valence-corrected chi connectivity index (χ2v) is 4.80. The molecule has 108 valence electrons. The van der Waals surface area contributed by atoms with Gasteiger partial charge in [-0.15, -0.1) is 0 Å². The summed E-state index contributed by atoms with van der Waals surface area (Å²) < 4.78 is 0. The molecule has 4 N–H and O–H groups in total. The van der Waals surface area contributed by atoms with Crippen LogP contribution in [0.25, 0.3) is 0 Å². The minimum atomic E-state index is -1.14. The van der Waals surface area contributed by atoms with Gasteiger partial charge in [0.05, 0.1) is 10.7 Å². The monoisotopic (exact) mass is 304 g/mol. The number of carboxylic acids is 1. The van der Waals surface area contributed by atoms with Gasteiger partial charge in [-0.2, -0.15) is 0 Å². The van der Waals surface area contributed by atoms with Gasteiger partial charge in [-0.3, -0.25) is 4.79 Å². The molecule has 0 heterocycles. The maximum Gasteiger partial charge on any atom is 0.330 e. The van der Waals surface area contributed by atoms with E-state index in [0.29, 0.717) is 11.3 Å². The molecule has 5 nitrogen and oxygen atoms in total. The van der Waals surface area contributed by atoms with Crippen molar-refractivity contribution in [3.05, 3.63) is 64.7 Å². The lowest BCUT2D eigenvalue weighted by Crippen LogP contribution is -2.33. The number of carboxylic acid groups (broad SMARTS) is 1. The summed E-state index contributed by atoms with van der Waals surface area (Å²) >= 11 is 5.85. The first-order valence-corrected chi connectivity index (χ1v) is 6.50. The Labute approximate surface area is 126 Å². The highest BCUT2D eigenvalue weighted by molar-refractivity contribution is 6.33. The van der Waals surface area contributed by atoms with Crippen LogP contribution in [0.2, 0.25) is 5.02 Å². The van der Waals surface area contributed by atoms with Crippen molar-refractivity contribution in [1.29, 1.82) is 0 Å². The lowest BCUT2D eigenvalue weighted by Gasteiger charge is -2.15. The number of halogens is 1. The third-order valence-electron chi connectivity index (χ3n) is 2.92. The third kappa shape index (κ3) is 3.52. The summed E-state index contributed by atoms with van der Waals surface area (Å²) in [5, 5.41) is 12.0. The largest absolute Gasteiger partial charge is 0.479 e.